The van der Waals surface area contributed by atoms with E-state index >= 15 is 0 Å². The van der Waals surface area contributed by atoms with Gasteiger partial charge in [0.05, 0.1) is 27.7 Å². The molecular formula is C63H111NO8P+. The van der Waals surface area contributed by atoms with E-state index in [9.17, 15) is 19.0 Å². The number of unbranched alkanes of at least 4 members (excludes halogenated alkanes) is 23. The predicted octanol–water partition coefficient (Wildman–Crippen LogP) is 18.4. The van der Waals surface area contributed by atoms with Gasteiger partial charge in [0.15, 0.2) is 6.10 Å². The Bertz CT molecular complexity index is 1550. The number of ether oxygens (including phenoxy) is 2. The van der Waals surface area contributed by atoms with Crippen LogP contribution < -0.4 is 0 Å². The van der Waals surface area contributed by atoms with E-state index in [4.69, 9.17) is 18.5 Å². The highest BCUT2D eigenvalue weighted by Gasteiger charge is 2.27. The molecule has 2 atom stereocenters. The van der Waals surface area contributed by atoms with Crippen molar-refractivity contribution in [1.82, 2.24) is 0 Å². The Balaban J connectivity index is 4.11. The second-order valence-electron chi connectivity index (χ2n) is 20.7. The van der Waals surface area contributed by atoms with Crippen molar-refractivity contribution < 1.29 is 42.1 Å². The van der Waals surface area contributed by atoms with E-state index in [1.54, 1.807) is 0 Å². The third-order valence-corrected chi connectivity index (χ3v) is 13.4. The van der Waals surface area contributed by atoms with Gasteiger partial charge in [-0.2, -0.15) is 0 Å². The first-order valence-corrected chi connectivity index (χ1v) is 31.0. The summed E-state index contributed by atoms with van der Waals surface area (Å²) < 4.78 is 34.5. The van der Waals surface area contributed by atoms with Gasteiger partial charge in [-0.15, -0.1) is 0 Å². The van der Waals surface area contributed by atoms with Crippen LogP contribution in [0.25, 0.3) is 0 Å². The maximum atomic E-state index is 12.8. The minimum atomic E-state index is -4.39. The average Bonchev–Trinajstić information content (AvgIpc) is 3.35. The van der Waals surface area contributed by atoms with Crippen LogP contribution in [-0.2, 0) is 32.7 Å². The van der Waals surface area contributed by atoms with Gasteiger partial charge in [-0.05, 0) is 77.0 Å². The van der Waals surface area contributed by atoms with Crippen LogP contribution in [0.5, 0.6) is 0 Å². The molecule has 0 amide bonds. The van der Waals surface area contributed by atoms with Gasteiger partial charge in [-0.3, -0.25) is 18.6 Å². The Labute approximate surface area is 449 Å². The Morgan fingerprint density at radius 2 is 0.781 bits per heavy atom. The smallest absolute Gasteiger partial charge is 0.462 e. The van der Waals surface area contributed by atoms with E-state index < -0.39 is 26.5 Å². The predicted molar refractivity (Wildman–Crippen MR) is 312 cm³/mol. The molecule has 0 aliphatic heterocycles. The Morgan fingerprint density at radius 3 is 1.16 bits per heavy atom. The van der Waals surface area contributed by atoms with Gasteiger partial charge < -0.3 is 18.9 Å². The van der Waals surface area contributed by atoms with Crippen LogP contribution >= 0.6 is 7.82 Å². The highest BCUT2D eigenvalue weighted by atomic mass is 31.2. The third kappa shape index (κ3) is 58.1. The molecule has 0 radical (unpaired) electrons. The van der Waals surface area contributed by atoms with E-state index in [0.29, 0.717) is 17.4 Å². The molecule has 2 unspecified atom stereocenters. The summed E-state index contributed by atoms with van der Waals surface area (Å²) in [6.45, 7) is 4.32. The molecule has 0 spiro atoms. The Hall–Kier alpha value is -3.07. The number of esters is 2. The lowest BCUT2D eigenvalue weighted by Crippen LogP contribution is -2.37. The third-order valence-electron chi connectivity index (χ3n) is 12.4. The highest BCUT2D eigenvalue weighted by molar-refractivity contribution is 7.47. The van der Waals surface area contributed by atoms with Crippen LogP contribution in [0.15, 0.2) is 97.2 Å². The molecule has 0 aromatic rings. The summed E-state index contributed by atoms with van der Waals surface area (Å²) in [5.41, 5.74) is 0. The number of hydrogen-bond acceptors (Lipinski definition) is 7. The molecule has 9 nitrogen and oxygen atoms in total. The first-order valence-electron chi connectivity index (χ1n) is 29.5. The van der Waals surface area contributed by atoms with E-state index in [0.717, 1.165) is 96.3 Å². The molecule has 0 aliphatic carbocycles. The second-order valence-corrected chi connectivity index (χ2v) is 22.1. The van der Waals surface area contributed by atoms with Crippen LogP contribution in [0.3, 0.4) is 0 Å². The number of carbonyl (C=O) groups excluding carboxylic acids is 2. The molecule has 10 heteroatoms. The number of phosphoric ester groups is 1. The molecule has 0 heterocycles. The van der Waals surface area contributed by atoms with Gasteiger partial charge in [-0.1, -0.05) is 246 Å². The summed E-state index contributed by atoms with van der Waals surface area (Å²) in [7, 11) is 1.47. The molecule has 0 aromatic carbocycles. The molecule has 420 valence electrons. The van der Waals surface area contributed by atoms with Gasteiger partial charge in [0.1, 0.15) is 19.8 Å². The first-order chi connectivity index (χ1) is 35.5. The van der Waals surface area contributed by atoms with E-state index in [1.807, 2.05) is 21.1 Å². The Kier molecular flexibility index (Phi) is 51.5. The largest absolute Gasteiger partial charge is 0.472 e. The average molecular weight is 1040 g/mol. The standard InChI is InChI=1S/C63H110NO8P/c1-6-8-10-12-14-16-18-20-22-23-24-25-26-27-28-29-30-31-32-33-34-35-36-37-38-39-40-41-42-44-46-48-50-52-54-56-63(66)72-61(60-71-73(67,68)70-58-57-64(3,4)5)59-69-62(65)55-53-51-49-47-45-43-21-19-17-15-13-11-9-7-2/h8,10,14,16,20,22,24-25,27-28,30-31,33-34,36-37,61H,6-7,9,11-13,15,17-19,21,23,26,29,32,35,38-60H2,1-5H3/p+1/b10-8-,16-14-,22-20-,25-24-,28-27-,31-30-,34-33-,37-36-. The van der Waals surface area contributed by atoms with Crippen molar-refractivity contribution in [2.24, 2.45) is 0 Å². The summed E-state index contributed by atoms with van der Waals surface area (Å²) >= 11 is 0. The van der Waals surface area contributed by atoms with E-state index in [2.05, 4.69) is 111 Å². The number of likely N-dealkylation sites (N-methyl/N-ethyl adjacent to an activating group) is 1. The Morgan fingerprint density at radius 1 is 0.438 bits per heavy atom. The van der Waals surface area contributed by atoms with Crippen molar-refractivity contribution in [3.05, 3.63) is 97.2 Å². The number of allylic oxidation sites excluding steroid dienone is 16. The first kappa shape index (κ1) is 69.9. The van der Waals surface area contributed by atoms with Crippen molar-refractivity contribution in [3.63, 3.8) is 0 Å². The molecule has 0 aromatic heterocycles. The van der Waals surface area contributed by atoms with Gasteiger partial charge in [0, 0.05) is 12.8 Å². The number of nitrogens with zero attached hydrogens (tertiary/aromatic N) is 1. The minimum Gasteiger partial charge on any atom is -0.462 e. The maximum absolute atomic E-state index is 12.8. The lowest BCUT2D eigenvalue weighted by Gasteiger charge is -2.24. The molecule has 0 saturated carbocycles. The van der Waals surface area contributed by atoms with Gasteiger partial charge in [0.2, 0.25) is 0 Å². The zero-order chi connectivity index (χ0) is 53.5. The molecule has 73 heavy (non-hydrogen) atoms. The van der Waals surface area contributed by atoms with Crippen molar-refractivity contribution in [2.75, 3.05) is 47.5 Å². The lowest BCUT2D eigenvalue weighted by molar-refractivity contribution is -0.870. The number of hydrogen-bond donors (Lipinski definition) is 1. The van der Waals surface area contributed by atoms with Crippen molar-refractivity contribution in [1.29, 1.82) is 0 Å². The lowest BCUT2D eigenvalue weighted by atomic mass is 10.0. The molecule has 0 fully saturated rings. The summed E-state index contributed by atoms with van der Waals surface area (Å²) in [4.78, 5) is 35.6. The zero-order valence-electron chi connectivity index (χ0n) is 47.6. The van der Waals surface area contributed by atoms with Crippen molar-refractivity contribution in [3.8, 4) is 0 Å². The second kappa shape index (κ2) is 53.7. The van der Waals surface area contributed by atoms with Crippen LogP contribution in [0, 0.1) is 0 Å². The summed E-state index contributed by atoms with van der Waals surface area (Å²) in [6.07, 6.45) is 73.3. The van der Waals surface area contributed by atoms with Gasteiger partial charge in [0.25, 0.3) is 0 Å². The van der Waals surface area contributed by atoms with E-state index in [1.165, 1.54) is 109 Å². The summed E-state index contributed by atoms with van der Waals surface area (Å²) in [5.74, 6) is -0.801. The molecule has 0 rings (SSSR count). The van der Waals surface area contributed by atoms with Crippen LogP contribution in [-0.4, -0.2) is 74.9 Å². The summed E-state index contributed by atoms with van der Waals surface area (Å²) in [5, 5.41) is 0. The maximum Gasteiger partial charge on any atom is 0.472 e. The fraction of sp³-hybridized carbons (Fsp3) is 0.714. The number of phosphoric acid groups is 1. The van der Waals surface area contributed by atoms with Crippen LogP contribution in [0.1, 0.15) is 239 Å². The molecular weight excluding hydrogens is 930 g/mol. The minimum absolute atomic E-state index is 0.0283. The van der Waals surface area contributed by atoms with E-state index in [-0.39, 0.29) is 32.0 Å². The topological polar surface area (TPSA) is 108 Å². The number of quaternary nitrogens is 1. The van der Waals surface area contributed by atoms with Gasteiger partial charge in [-0.25, -0.2) is 4.57 Å². The fourth-order valence-electron chi connectivity index (χ4n) is 7.85. The highest BCUT2D eigenvalue weighted by Crippen LogP contribution is 2.43. The molecule has 0 bridgehead atoms. The number of carbonyl (C=O) groups is 2. The summed E-state index contributed by atoms with van der Waals surface area (Å²) in [6, 6.07) is 0. The monoisotopic (exact) mass is 1040 g/mol. The van der Waals surface area contributed by atoms with Crippen LogP contribution in [0.2, 0.25) is 0 Å². The zero-order valence-corrected chi connectivity index (χ0v) is 48.5. The van der Waals surface area contributed by atoms with Crippen LogP contribution in [0.4, 0.5) is 0 Å². The van der Waals surface area contributed by atoms with Gasteiger partial charge >= 0.3 is 19.8 Å². The molecule has 0 aliphatic rings. The molecule has 1 N–H and O–H groups in total. The fourth-order valence-corrected chi connectivity index (χ4v) is 8.60. The quantitative estimate of drug-likeness (QED) is 0.0211. The molecule has 0 saturated heterocycles. The number of rotatable bonds is 53. The normalized spacial score (nSPS) is 14.0. The SMILES string of the molecule is CC/C=C\C/C=C\C/C=C\C/C=C\C/C=C\C/C=C\C/C=C\C/C=C\CCCCCCCCCCCCC(=O)OC(COC(=O)CCCCCCCCCCCCCCCC)COP(=O)(O)OCC[N+](C)(C)C. The van der Waals surface area contributed by atoms with Crippen molar-refractivity contribution in [2.45, 2.75) is 245 Å². The van der Waals surface area contributed by atoms with Crippen molar-refractivity contribution >= 4 is 19.8 Å².